The summed E-state index contributed by atoms with van der Waals surface area (Å²) in [4.78, 5) is 25.1. The molecule has 0 bridgehead atoms. The molecule has 2 atom stereocenters. The summed E-state index contributed by atoms with van der Waals surface area (Å²) in [6.45, 7) is 12.9. The third-order valence-corrected chi connectivity index (χ3v) is 5.38. The second-order valence-electron chi connectivity index (χ2n) is 8.39. The van der Waals surface area contributed by atoms with Crippen molar-refractivity contribution in [3.8, 4) is 0 Å². The molecule has 1 aliphatic heterocycles. The molecule has 0 aliphatic carbocycles. The van der Waals surface area contributed by atoms with Gasteiger partial charge in [-0.1, -0.05) is 44.9 Å². The molecule has 0 saturated carbocycles. The molecule has 1 rings (SSSR count). The summed E-state index contributed by atoms with van der Waals surface area (Å²) < 4.78 is 0. The van der Waals surface area contributed by atoms with E-state index < -0.39 is 5.41 Å². The van der Waals surface area contributed by atoms with Gasteiger partial charge in [0.25, 0.3) is 0 Å². The Hall–Kier alpha value is -1.38. The zero-order valence-corrected chi connectivity index (χ0v) is 16.7. The number of amides is 1. The second-order valence-corrected chi connectivity index (χ2v) is 8.39. The normalized spacial score (nSPS) is 27.3. The van der Waals surface area contributed by atoms with Crippen LogP contribution in [0.1, 0.15) is 79.1 Å². The minimum absolute atomic E-state index is 0.0232. The van der Waals surface area contributed by atoms with Gasteiger partial charge in [-0.2, -0.15) is 0 Å². The van der Waals surface area contributed by atoms with E-state index in [1.54, 1.807) is 0 Å². The number of carbonyl (C=O) groups excluding carboxylic acids is 2. The van der Waals surface area contributed by atoms with Crippen molar-refractivity contribution in [1.29, 1.82) is 0 Å². The van der Waals surface area contributed by atoms with E-state index in [1.165, 1.54) is 5.57 Å². The monoisotopic (exact) mass is 347 g/mol. The average Bonchev–Trinajstić information content (AvgIpc) is 2.55. The smallest absolute Gasteiger partial charge is 0.220 e. The van der Waals surface area contributed by atoms with Crippen LogP contribution in [0.15, 0.2) is 24.3 Å². The first-order valence-corrected chi connectivity index (χ1v) is 9.83. The molecule has 0 aromatic heterocycles. The Labute approximate surface area is 154 Å². The van der Waals surface area contributed by atoms with Crippen LogP contribution >= 0.6 is 0 Å². The van der Waals surface area contributed by atoms with E-state index in [9.17, 15) is 9.59 Å². The average molecular weight is 348 g/mol. The van der Waals surface area contributed by atoms with E-state index in [-0.39, 0.29) is 17.6 Å². The molecule has 1 N–H and O–H groups in total. The van der Waals surface area contributed by atoms with Crippen molar-refractivity contribution in [2.24, 2.45) is 17.3 Å². The van der Waals surface area contributed by atoms with Crippen LogP contribution in [0, 0.1) is 17.3 Å². The number of carbonyl (C=O) groups is 2. The Bertz CT molecular complexity index is 490. The highest BCUT2D eigenvalue weighted by Crippen LogP contribution is 2.32. The van der Waals surface area contributed by atoms with Gasteiger partial charge in [0.05, 0.1) is 0 Å². The number of allylic oxidation sites excluding steroid dienone is 2. The molecule has 3 nitrogen and oxygen atoms in total. The van der Waals surface area contributed by atoms with E-state index in [0.717, 1.165) is 38.5 Å². The van der Waals surface area contributed by atoms with Crippen LogP contribution in [0.25, 0.3) is 0 Å². The van der Waals surface area contributed by atoms with Crippen LogP contribution < -0.4 is 5.32 Å². The molecule has 1 heterocycles. The Kier molecular flexibility index (Phi) is 9.16. The highest BCUT2D eigenvalue weighted by Gasteiger charge is 2.33. The Morgan fingerprint density at radius 3 is 2.72 bits per heavy atom. The lowest BCUT2D eigenvalue weighted by molar-refractivity contribution is -0.132. The standard InChI is InChI=1S/C22H37NO2/c1-6-9-19-16-18(3)11-7-10-17(2)12-8-15-23-20(24)13-14-22(4,5)21(19)25/h6,12,18-19H,1,7-11,13-16H2,2-5H3,(H,23,24). The second kappa shape index (κ2) is 10.6. The van der Waals surface area contributed by atoms with Crippen LogP contribution in [0.2, 0.25) is 0 Å². The highest BCUT2D eigenvalue weighted by molar-refractivity contribution is 5.87. The third-order valence-electron chi connectivity index (χ3n) is 5.38. The summed E-state index contributed by atoms with van der Waals surface area (Å²) in [5.41, 5.74) is 0.937. The third kappa shape index (κ3) is 8.02. The number of ketones is 1. The number of Topliss-reactive ketones (excluding diaryl/α,β-unsaturated/α-hetero) is 1. The quantitative estimate of drug-likeness (QED) is 0.696. The van der Waals surface area contributed by atoms with Gasteiger partial charge in [0, 0.05) is 24.3 Å². The van der Waals surface area contributed by atoms with Crippen LogP contribution in [-0.2, 0) is 9.59 Å². The molecule has 0 radical (unpaired) electrons. The Morgan fingerprint density at radius 1 is 1.32 bits per heavy atom. The molecule has 0 aromatic rings. The molecule has 0 spiro atoms. The fraction of sp³-hybridized carbons (Fsp3) is 0.727. The lowest BCUT2D eigenvalue weighted by Gasteiger charge is -2.29. The first-order chi connectivity index (χ1) is 11.8. The van der Waals surface area contributed by atoms with Gasteiger partial charge in [-0.3, -0.25) is 9.59 Å². The maximum absolute atomic E-state index is 13.1. The van der Waals surface area contributed by atoms with Crippen molar-refractivity contribution in [3.63, 3.8) is 0 Å². The zero-order valence-electron chi connectivity index (χ0n) is 16.7. The molecule has 1 amide bonds. The van der Waals surface area contributed by atoms with Crippen LogP contribution in [0.4, 0.5) is 0 Å². The Balaban J connectivity index is 2.88. The van der Waals surface area contributed by atoms with Crippen molar-refractivity contribution in [2.45, 2.75) is 79.1 Å². The molecule has 0 aromatic carbocycles. The number of hydrogen-bond acceptors (Lipinski definition) is 2. The van der Waals surface area contributed by atoms with E-state index in [2.05, 4.69) is 31.8 Å². The molecular weight excluding hydrogens is 310 g/mol. The summed E-state index contributed by atoms with van der Waals surface area (Å²) in [5.74, 6) is 0.895. The number of hydrogen-bond donors (Lipinski definition) is 1. The van der Waals surface area contributed by atoms with Gasteiger partial charge >= 0.3 is 0 Å². The minimum atomic E-state index is -0.460. The molecule has 1 aliphatic rings. The molecule has 0 saturated heterocycles. The van der Waals surface area contributed by atoms with Crippen molar-refractivity contribution in [1.82, 2.24) is 5.32 Å². The molecule has 142 valence electrons. The number of rotatable bonds is 2. The Morgan fingerprint density at radius 2 is 2.04 bits per heavy atom. The maximum atomic E-state index is 13.1. The summed E-state index contributed by atoms with van der Waals surface area (Å²) in [6.07, 6.45) is 11.1. The fourth-order valence-corrected chi connectivity index (χ4v) is 3.67. The van der Waals surface area contributed by atoms with Crippen LogP contribution in [0.3, 0.4) is 0 Å². The summed E-state index contributed by atoms with van der Waals surface area (Å²) in [5, 5.41) is 2.97. The highest BCUT2D eigenvalue weighted by atomic mass is 16.1. The first kappa shape index (κ1) is 21.7. The lowest BCUT2D eigenvalue weighted by atomic mass is 9.74. The van der Waals surface area contributed by atoms with Crippen molar-refractivity contribution >= 4 is 11.7 Å². The van der Waals surface area contributed by atoms with Gasteiger partial charge in [0.15, 0.2) is 0 Å². The summed E-state index contributed by atoms with van der Waals surface area (Å²) >= 11 is 0. The van der Waals surface area contributed by atoms with Gasteiger partial charge in [0.2, 0.25) is 5.91 Å². The van der Waals surface area contributed by atoms with Crippen molar-refractivity contribution in [3.05, 3.63) is 24.3 Å². The van der Waals surface area contributed by atoms with Gasteiger partial charge in [0.1, 0.15) is 5.78 Å². The fourth-order valence-electron chi connectivity index (χ4n) is 3.67. The maximum Gasteiger partial charge on any atom is 0.220 e. The minimum Gasteiger partial charge on any atom is -0.356 e. The zero-order chi connectivity index (χ0) is 18.9. The van der Waals surface area contributed by atoms with Crippen molar-refractivity contribution < 1.29 is 9.59 Å². The van der Waals surface area contributed by atoms with Crippen molar-refractivity contribution in [2.75, 3.05) is 6.54 Å². The number of nitrogens with one attached hydrogen (secondary N) is 1. The topological polar surface area (TPSA) is 46.2 Å². The predicted octanol–water partition coefficient (Wildman–Crippen LogP) is 5.22. The summed E-state index contributed by atoms with van der Waals surface area (Å²) in [6, 6.07) is 0. The SMILES string of the molecule is C=CCC1CC(C)CCCC(C)=CCCNC(=O)CCC(C)(C)C1=O. The van der Waals surface area contributed by atoms with E-state index >= 15 is 0 Å². The van der Waals surface area contributed by atoms with Gasteiger partial charge in [-0.05, 0) is 51.4 Å². The first-order valence-electron chi connectivity index (χ1n) is 9.83. The summed E-state index contributed by atoms with van der Waals surface area (Å²) in [7, 11) is 0. The predicted molar refractivity (Wildman–Crippen MR) is 105 cm³/mol. The molecule has 25 heavy (non-hydrogen) atoms. The van der Waals surface area contributed by atoms with Gasteiger partial charge < -0.3 is 5.32 Å². The largest absolute Gasteiger partial charge is 0.356 e. The molecule has 3 heteroatoms. The van der Waals surface area contributed by atoms with Crippen LogP contribution in [0.5, 0.6) is 0 Å². The molecule has 0 fully saturated rings. The van der Waals surface area contributed by atoms with E-state index in [0.29, 0.717) is 25.3 Å². The van der Waals surface area contributed by atoms with E-state index in [1.807, 2.05) is 19.9 Å². The molecule has 2 unspecified atom stereocenters. The lowest BCUT2D eigenvalue weighted by Crippen LogP contribution is -2.34. The van der Waals surface area contributed by atoms with Gasteiger partial charge in [-0.25, -0.2) is 0 Å². The van der Waals surface area contributed by atoms with Crippen LogP contribution in [-0.4, -0.2) is 18.2 Å². The molecular formula is C22H37NO2. The van der Waals surface area contributed by atoms with E-state index in [4.69, 9.17) is 0 Å². The van der Waals surface area contributed by atoms with Gasteiger partial charge in [-0.15, -0.1) is 6.58 Å².